The smallest absolute Gasteiger partial charge is 0.382 e. The minimum Gasteiger partial charge on any atom is -0.472 e. The third-order valence-electron chi connectivity index (χ3n) is 2.37. The van der Waals surface area contributed by atoms with Crippen LogP contribution in [0.2, 0.25) is 0 Å². The van der Waals surface area contributed by atoms with Gasteiger partial charge in [0.2, 0.25) is 0 Å². The van der Waals surface area contributed by atoms with Gasteiger partial charge in [-0.1, -0.05) is 6.08 Å². The van der Waals surface area contributed by atoms with Crippen LogP contribution in [0.3, 0.4) is 0 Å². The summed E-state index contributed by atoms with van der Waals surface area (Å²) < 4.78 is 0. The van der Waals surface area contributed by atoms with Crippen LogP contribution in [-0.4, -0.2) is 16.1 Å². The number of aliphatic carboxylic acids is 1. The SMILES string of the molecule is Cc1cc(C2CC=C(C#CC(=O)O)S2)ccn1. The summed E-state index contributed by atoms with van der Waals surface area (Å²) in [4.78, 5) is 15.3. The molecule has 0 amide bonds. The molecular formula is C13H11NO2S. The lowest BCUT2D eigenvalue weighted by Gasteiger charge is -2.09. The second kappa shape index (κ2) is 5.07. The van der Waals surface area contributed by atoms with Gasteiger partial charge in [-0.15, -0.1) is 11.8 Å². The van der Waals surface area contributed by atoms with Crippen LogP contribution in [0.4, 0.5) is 0 Å². The number of nitrogens with zero attached hydrogens (tertiary/aromatic N) is 1. The van der Waals surface area contributed by atoms with Crippen LogP contribution in [0.1, 0.15) is 22.9 Å². The van der Waals surface area contributed by atoms with Gasteiger partial charge in [0.1, 0.15) is 0 Å². The second-order valence-corrected chi connectivity index (χ2v) is 4.94. The Hall–Kier alpha value is -1.73. The van der Waals surface area contributed by atoms with Gasteiger partial charge >= 0.3 is 5.97 Å². The molecule has 0 spiro atoms. The molecule has 2 rings (SSSR count). The number of pyridine rings is 1. The predicted octanol–water partition coefficient (Wildman–Crippen LogP) is 2.54. The van der Waals surface area contributed by atoms with Crippen LogP contribution >= 0.6 is 11.8 Å². The van der Waals surface area contributed by atoms with E-state index in [-0.39, 0.29) is 0 Å². The molecule has 1 aliphatic rings. The Bertz CT molecular complexity index is 540. The molecule has 1 N–H and O–H groups in total. The van der Waals surface area contributed by atoms with Gasteiger partial charge < -0.3 is 5.11 Å². The maximum Gasteiger partial charge on any atom is 0.382 e. The number of carboxylic acid groups (broad SMARTS) is 1. The molecule has 0 saturated heterocycles. The van der Waals surface area contributed by atoms with Crippen molar-refractivity contribution in [2.75, 3.05) is 0 Å². The van der Waals surface area contributed by atoms with Gasteiger partial charge in [-0.3, -0.25) is 4.98 Å². The van der Waals surface area contributed by atoms with Crippen LogP contribution in [0.15, 0.2) is 29.3 Å². The Labute approximate surface area is 104 Å². The summed E-state index contributed by atoms with van der Waals surface area (Å²) in [6.07, 6.45) is 4.67. The number of hydrogen-bond acceptors (Lipinski definition) is 3. The standard InChI is InChI=1S/C13H11NO2S/c1-9-8-10(6-7-14-9)12-4-2-11(17-12)3-5-13(15)16/h2,6-8,12H,4H2,1H3,(H,15,16). The van der Waals surface area contributed by atoms with E-state index < -0.39 is 5.97 Å². The average Bonchev–Trinajstić information content (AvgIpc) is 2.75. The zero-order valence-corrected chi connectivity index (χ0v) is 10.1. The van der Waals surface area contributed by atoms with E-state index in [4.69, 9.17) is 5.11 Å². The number of carbonyl (C=O) groups is 1. The van der Waals surface area contributed by atoms with Gasteiger partial charge in [0.15, 0.2) is 0 Å². The molecule has 4 heteroatoms. The fourth-order valence-electron chi connectivity index (χ4n) is 1.63. The molecule has 86 valence electrons. The van der Waals surface area contributed by atoms with Crippen molar-refractivity contribution in [3.05, 3.63) is 40.6 Å². The van der Waals surface area contributed by atoms with E-state index in [0.29, 0.717) is 5.25 Å². The van der Waals surface area contributed by atoms with Gasteiger partial charge in [0.05, 0.1) is 4.91 Å². The largest absolute Gasteiger partial charge is 0.472 e. The van der Waals surface area contributed by atoms with Crippen LogP contribution in [0, 0.1) is 18.8 Å². The zero-order valence-electron chi connectivity index (χ0n) is 9.30. The van der Waals surface area contributed by atoms with Gasteiger partial charge in [-0.2, -0.15) is 0 Å². The summed E-state index contributed by atoms with van der Waals surface area (Å²) in [5.41, 5.74) is 2.21. The highest BCUT2D eigenvalue weighted by Gasteiger charge is 2.18. The Morgan fingerprint density at radius 1 is 1.65 bits per heavy atom. The van der Waals surface area contributed by atoms with E-state index in [2.05, 4.69) is 22.9 Å². The third-order valence-corrected chi connectivity index (χ3v) is 3.64. The average molecular weight is 245 g/mol. The Kier molecular flexibility index (Phi) is 3.50. The van der Waals surface area contributed by atoms with Crippen molar-refractivity contribution in [1.29, 1.82) is 0 Å². The quantitative estimate of drug-likeness (QED) is 0.772. The predicted molar refractivity (Wildman–Crippen MR) is 67.4 cm³/mol. The summed E-state index contributed by atoms with van der Waals surface area (Å²) in [5, 5.41) is 8.80. The van der Waals surface area contributed by atoms with Gasteiger partial charge in [0, 0.05) is 23.1 Å². The molecule has 1 aliphatic heterocycles. The lowest BCUT2D eigenvalue weighted by Crippen LogP contribution is -1.91. The first-order chi connectivity index (χ1) is 8.15. The lowest BCUT2D eigenvalue weighted by molar-refractivity contribution is -0.130. The summed E-state index contributed by atoms with van der Waals surface area (Å²) in [6.45, 7) is 1.96. The number of aryl methyl sites for hydroxylation is 1. The maximum absolute atomic E-state index is 10.3. The van der Waals surface area contributed by atoms with Crippen LogP contribution in [0.25, 0.3) is 0 Å². The zero-order chi connectivity index (χ0) is 12.3. The number of thioether (sulfide) groups is 1. The monoisotopic (exact) mass is 245 g/mol. The van der Waals surface area contributed by atoms with Crippen LogP contribution in [0.5, 0.6) is 0 Å². The molecule has 0 radical (unpaired) electrons. The van der Waals surface area contributed by atoms with E-state index in [1.165, 1.54) is 5.56 Å². The Balaban J connectivity index is 2.07. The number of rotatable bonds is 1. The highest BCUT2D eigenvalue weighted by Crippen LogP contribution is 2.43. The van der Waals surface area contributed by atoms with E-state index in [0.717, 1.165) is 17.0 Å². The Morgan fingerprint density at radius 3 is 3.18 bits per heavy atom. The molecule has 1 aromatic heterocycles. The van der Waals surface area contributed by atoms with E-state index in [1.54, 1.807) is 18.0 Å². The first-order valence-electron chi connectivity index (χ1n) is 5.19. The van der Waals surface area contributed by atoms with Gasteiger partial charge in [-0.25, -0.2) is 4.79 Å². The molecule has 0 aromatic carbocycles. The molecule has 0 bridgehead atoms. The third kappa shape index (κ3) is 3.11. The van der Waals surface area contributed by atoms with E-state index >= 15 is 0 Å². The minimum absolute atomic E-state index is 0.329. The molecule has 2 heterocycles. The summed E-state index contributed by atoms with van der Waals surface area (Å²) in [5.74, 6) is 3.70. The maximum atomic E-state index is 10.3. The highest BCUT2D eigenvalue weighted by molar-refractivity contribution is 8.03. The molecule has 1 unspecified atom stereocenters. The first-order valence-corrected chi connectivity index (χ1v) is 6.07. The van der Waals surface area contributed by atoms with Crippen LogP contribution < -0.4 is 0 Å². The molecule has 0 aliphatic carbocycles. The second-order valence-electron chi connectivity index (χ2n) is 3.70. The molecule has 0 fully saturated rings. The van der Waals surface area contributed by atoms with Crippen molar-refractivity contribution >= 4 is 17.7 Å². The van der Waals surface area contributed by atoms with Crippen molar-refractivity contribution in [2.45, 2.75) is 18.6 Å². The number of carboxylic acids is 1. The van der Waals surface area contributed by atoms with E-state index in [1.807, 2.05) is 19.1 Å². The first kappa shape index (κ1) is 11.7. The summed E-state index contributed by atoms with van der Waals surface area (Å²) in [6, 6.07) is 4.05. The fraction of sp³-hybridized carbons (Fsp3) is 0.231. The van der Waals surface area contributed by atoms with Crippen molar-refractivity contribution < 1.29 is 9.90 Å². The van der Waals surface area contributed by atoms with Crippen molar-refractivity contribution in [2.24, 2.45) is 0 Å². The normalized spacial score (nSPS) is 18.2. The molecular weight excluding hydrogens is 234 g/mol. The number of allylic oxidation sites excluding steroid dienone is 2. The molecule has 0 saturated carbocycles. The van der Waals surface area contributed by atoms with Crippen molar-refractivity contribution in [3.8, 4) is 11.8 Å². The number of hydrogen-bond donors (Lipinski definition) is 1. The lowest BCUT2D eigenvalue weighted by atomic mass is 10.1. The molecule has 3 nitrogen and oxygen atoms in total. The highest BCUT2D eigenvalue weighted by atomic mass is 32.2. The van der Waals surface area contributed by atoms with Gasteiger partial charge in [0.25, 0.3) is 0 Å². The molecule has 17 heavy (non-hydrogen) atoms. The van der Waals surface area contributed by atoms with Crippen molar-refractivity contribution in [3.63, 3.8) is 0 Å². The summed E-state index contributed by atoms with van der Waals surface area (Å²) in [7, 11) is 0. The van der Waals surface area contributed by atoms with Crippen LogP contribution in [-0.2, 0) is 4.79 Å². The molecule has 1 atom stereocenters. The number of aromatic nitrogens is 1. The fourth-order valence-corrected chi connectivity index (χ4v) is 2.72. The van der Waals surface area contributed by atoms with Crippen molar-refractivity contribution in [1.82, 2.24) is 4.98 Å². The Morgan fingerprint density at radius 2 is 2.47 bits per heavy atom. The molecule has 1 aromatic rings. The van der Waals surface area contributed by atoms with E-state index in [9.17, 15) is 4.79 Å². The summed E-state index contributed by atoms with van der Waals surface area (Å²) >= 11 is 1.61. The minimum atomic E-state index is -1.09. The topological polar surface area (TPSA) is 50.2 Å². The van der Waals surface area contributed by atoms with Gasteiger partial charge in [-0.05, 0) is 37.0 Å².